The molecular weight excluding hydrogens is 352 g/mol. The van der Waals surface area contributed by atoms with Gasteiger partial charge in [0.05, 0.1) is 6.42 Å². The molecule has 0 unspecified atom stereocenters. The summed E-state index contributed by atoms with van der Waals surface area (Å²) in [4.78, 5) is 14.1. The van der Waals surface area contributed by atoms with E-state index in [0.29, 0.717) is 10.7 Å². The topological polar surface area (TPSA) is 58.0 Å². The van der Waals surface area contributed by atoms with Crippen LogP contribution in [0.4, 0.5) is 0 Å². The van der Waals surface area contributed by atoms with E-state index in [1.807, 2.05) is 6.07 Å². The molecule has 0 saturated heterocycles. The summed E-state index contributed by atoms with van der Waals surface area (Å²) in [5.41, 5.74) is 3.28. The molecule has 4 nitrogen and oxygen atoms in total. The van der Waals surface area contributed by atoms with Crippen LogP contribution in [0.3, 0.4) is 0 Å². The van der Waals surface area contributed by atoms with Crippen LogP contribution in [0.2, 0.25) is 0 Å². The predicted octanol–water partition coefficient (Wildman–Crippen LogP) is 3.37. The molecule has 2 heterocycles. The Hall–Kier alpha value is -1.40. The fourth-order valence-corrected chi connectivity index (χ4v) is 4.39. The molecule has 108 valence electrons. The maximum atomic E-state index is 11.0. The molecule has 2 atom stereocenters. The number of hydrogen-bond acceptors (Lipinski definition) is 2. The summed E-state index contributed by atoms with van der Waals surface area (Å²) < 4.78 is 3.80. The number of aromatic nitrogens is 2. The summed E-state index contributed by atoms with van der Waals surface area (Å²) in [5.74, 6) is -0.440. The lowest BCUT2D eigenvalue weighted by atomic mass is 9.94. The lowest BCUT2D eigenvalue weighted by molar-refractivity contribution is -0.136. The largest absolute Gasteiger partial charge is 0.481 e. The highest BCUT2D eigenvalue weighted by Crippen LogP contribution is 2.66. The van der Waals surface area contributed by atoms with Crippen LogP contribution in [-0.2, 0) is 23.2 Å². The highest BCUT2D eigenvalue weighted by molar-refractivity contribution is 9.10. The van der Waals surface area contributed by atoms with Crippen molar-refractivity contribution in [2.45, 2.75) is 30.7 Å². The Kier molecular flexibility index (Phi) is 2.72. The van der Waals surface area contributed by atoms with Crippen LogP contribution >= 0.6 is 28.1 Å². The van der Waals surface area contributed by atoms with Crippen LogP contribution in [0, 0.1) is 4.77 Å². The number of nitrogens with zero attached hydrogens (tertiary/aromatic N) is 1. The standard InChI is InChI=1S/C15H13BrN2O2S/c16-9-3-1-2-8(4-9)15-6-10(15)13-11(5-12(19)20)17-14(21)18(13)7-15/h1-4,10H,5-7H2,(H,17,21)(H,19,20)/t10-,15+/m0/s1. The normalized spacial score (nSPS) is 25.5. The summed E-state index contributed by atoms with van der Waals surface area (Å²) in [6.07, 6.45) is 1.08. The van der Waals surface area contributed by atoms with Crippen LogP contribution in [0.1, 0.15) is 29.3 Å². The van der Waals surface area contributed by atoms with Crippen LogP contribution in [0.5, 0.6) is 0 Å². The number of carboxylic acids is 1. The van der Waals surface area contributed by atoms with Crippen LogP contribution < -0.4 is 0 Å². The molecule has 21 heavy (non-hydrogen) atoms. The van der Waals surface area contributed by atoms with Crippen molar-refractivity contribution in [3.63, 3.8) is 0 Å². The van der Waals surface area contributed by atoms with Gasteiger partial charge in [0.1, 0.15) is 0 Å². The minimum Gasteiger partial charge on any atom is -0.481 e. The van der Waals surface area contributed by atoms with E-state index in [-0.39, 0.29) is 11.8 Å². The second kappa shape index (κ2) is 4.30. The Morgan fingerprint density at radius 1 is 1.57 bits per heavy atom. The predicted molar refractivity (Wildman–Crippen MR) is 84.1 cm³/mol. The van der Waals surface area contributed by atoms with E-state index in [0.717, 1.165) is 28.8 Å². The van der Waals surface area contributed by atoms with Crippen molar-refractivity contribution in [2.75, 3.05) is 0 Å². The number of benzene rings is 1. The first-order chi connectivity index (χ1) is 10.0. The first kappa shape index (κ1) is 13.3. The molecule has 1 aliphatic carbocycles. The van der Waals surface area contributed by atoms with E-state index < -0.39 is 5.97 Å². The smallest absolute Gasteiger partial charge is 0.309 e. The zero-order valence-corrected chi connectivity index (χ0v) is 13.5. The maximum Gasteiger partial charge on any atom is 0.309 e. The number of hydrogen-bond donors (Lipinski definition) is 2. The molecule has 0 spiro atoms. The summed E-state index contributed by atoms with van der Waals surface area (Å²) in [6, 6.07) is 8.39. The molecule has 1 aromatic heterocycles. The quantitative estimate of drug-likeness (QED) is 0.820. The average molecular weight is 365 g/mol. The Labute approximate surface area is 134 Å². The zero-order valence-electron chi connectivity index (χ0n) is 11.1. The Bertz CT molecular complexity index is 825. The third-order valence-corrected chi connectivity index (χ3v) is 5.49. The number of fused-ring (bicyclic) bond motifs is 3. The van der Waals surface area contributed by atoms with E-state index in [9.17, 15) is 4.79 Å². The monoisotopic (exact) mass is 364 g/mol. The number of carbonyl (C=O) groups is 1. The first-order valence-corrected chi connectivity index (χ1v) is 8.01. The van der Waals surface area contributed by atoms with Crippen molar-refractivity contribution in [2.24, 2.45) is 0 Å². The zero-order chi connectivity index (χ0) is 14.8. The second-order valence-corrected chi connectivity index (χ2v) is 7.18. The third-order valence-electron chi connectivity index (χ3n) is 4.68. The third kappa shape index (κ3) is 1.85. The van der Waals surface area contributed by atoms with E-state index in [4.69, 9.17) is 17.3 Å². The highest BCUT2D eigenvalue weighted by atomic mass is 79.9. The van der Waals surface area contributed by atoms with Gasteiger partial charge in [0, 0.05) is 33.7 Å². The number of halogens is 1. The van der Waals surface area contributed by atoms with E-state index in [2.05, 4.69) is 43.7 Å². The van der Waals surface area contributed by atoms with E-state index in [1.165, 1.54) is 5.56 Å². The van der Waals surface area contributed by atoms with Gasteiger partial charge in [-0.1, -0.05) is 28.1 Å². The second-order valence-electron chi connectivity index (χ2n) is 5.87. The molecular formula is C15H13BrN2O2S. The van der Waals surface area contributed by atoms with Crippen molar-refractivity contribution >= 4 is 34.1 Å². The fourth-order valence-electron chi connectivity index (χ4n) is 3.70. The molecule has 1 fully saturated rings. The van der Waals surface area contributed by atoms with Crippen molar-refractivity contribution in [1.82, 2.24) is 9.55 Å². The first-order valence-electron chi connectivity index (χ1n) is 6.81. The van der Waals surface area contributed by atoms with Gasteiger partial charge in [-0.15, -0.1) is 0 Å². The lowest BCUT2D eigenvalue weighted by Crippen LogP contribution is -2.12. The molecule has 0 amide bonds. The Morgan fingerprint density at radius 2 is 2.38 bits per heavy atom. The van der Waals surface area contributed by atoms with Gasteiger partial charge in [-0.2, -0.15) is 0 Å². The van der Waals surface area contributed by atoms with Crippen molar-refractivity contribution in [3.8, 4) is 0 Å². The summed E-state index contributed by atoms with van der Waals surface area (Å²) in [5, 5.41) is 9.06. The average Bonchev–Trinajstić information content (AvgIpc) is 2.92. The molecule has 1 aliphatic heterocycles. The lowest BCUT2D eigenvalue weighted by Gasteiger charge is -2.13. The van der Waals surface area contributed by atoms with Gasteiger partial charge in [-0.05, 0) is 36.3 Å². The number of rotatable bonds is 3. The van der Waals surface area contributed by atoms with Crippen molar-refractivity contribution in [3.05, 3.63) is 50.5 Å². The van der Waals surface area contributed by atoms with E-state index in [1.54, 1.807) is 0 Å². The summed E-state index contributed by atoms with van der Waals surface area (Å²) >= 11 is 8.88. The van der Waals surface area contributed by atoms with Gasteiger partial charge in [0.2, 0.25) is 0 Å². The molecule has 2 N–H and O–H groups in total. The molecule has 0 radical (unpaired) electrons. The minimum absolute atomic E-state index is 0.0109. The van der Waals surface area contributed by atoms with Gasteiger partial charge < -0.3 is 14.7 Å². The van der Waals surface area contributed by atoms with Gasteiger partial charge in [0.15, 0.2) is 4.77 Å². The Morgan fingerprint density at radius 3 is 3.10 bits per heavy atom. The summed E-state index contributed by atoms with van der Waals surface area (Å²) in [7, 11) is 0. The summed E-state index contributed by atoms with van der Waals surface area (Å²) in [6.45, 7) is 0.846. The molecule has 2 aliphatic rings. The molecule has 6 heteroatoms. The van der Waals surface area contributed by atoms with Crippen molar-refractivity contribution in [1.29, 1.82) is 0 Å². The molecule has 1 aromatic carbocycles. The molecule has 0 bridgehead atoms. The Balaban J connectivity index is 1.77. The fraction of sp³-hybridized carbons (Fsp3) is 0.333. The van der Waals surface area contributed by atoms with E-state index >= 15 is 0 Å². The van der Waals surface area contributed by atoms with Gasteiger partial charge >= 0.3 is 5.97 Å². The number of nitrogens with one attached hydrogen (secondary N) is 1. The maximum absolute atomic E-state index is 11.0. The highest BCUT2D eigenvalue weighted by Gasteiger charge is 2.62. The minimum atomic E-state index is -0.824. The number of H-pyrrole nitrogens is 1. The molecule has 2 aromatic rings. The van der Waals surface area contributed by atoms with Crippen LogP contribution in [-0.4, -0.2) is 20.6 Å². The number of aromatic amines is 1. The van der Waals surface area contributed by atoms with Gasteiger partial charge in [-0.25, -0.2) is 0 Å². The molecule has 1 saturated carbocycles. The number of carboxylic acid groups (broad SMARTS) is 1. The van der Waals surface area contributed by atoms with Crippen LogP contribution in [0.15, 0.2) is 28.7 Å². The van der Waals surface area contributed by atoms with Gasteiger partial charge in [0.25, 0.3) is 0 Å². The number of aliphatic carboxylic acids is 1. The van der Waals surface area contributed by atoms with Crippen molar-refractivity contribution < 1.29 is 9.90 Å². The molecule has 4 rings (SSSR count). The van der Waals surface area contributed by atoms with Gasteiger partial charge in [-0.3, -0.25) is 4.79 Å². The SMILES string of the molecule is O=C(O)Cc1[nH]c(=S)n2c1[C@@H]1C[C@]1(c1cccc(Br)c1)C2. The van der Waals surface area contributed by atoms with Crippen LogP contribution in [0.25, 0.3) is 0 Å². The number of imidazole rings is 1.